The van der Waals surface area contributed by atoms with Crippen LogP contribution in [-0.2, 0) is 0 Å². The molecule has 3 aromatic rings. The van der Waals surface area contributed by atoms with Gasteiger partial charge in [-0.05, 0) is 24.6 Å². The number of aryl methyl sites for hydroxylation is 1. The van der Waals surface area contributed by atoms with Crippen LogP contribution in [0.25, 0.3) is 21.8 Å². The summed E-state index contributed by atoms with van der Waals surface area (Å²) in [5.74, 6) is -1.16. The summed E-state index contributed by atoms with van der Waals surface area (Å²) in [5.41, 5.74) is 1.43. The Morgan fingerprint density at radius 2 is 2.16 bits per heavy atom. The molecule has 0 saturated carbocycles. The maximum absolute atomic E-state index is 12.1. The zero-order valence-corrected chi connectivity index (χ0v) is 10.1. The third-order valence-corrected chi connectivity index (χ3v) is 3.10. The van der Waals surface area contributed by atoms with Crippen molar-refractivity contribution >= 4 is 27.8 Å². The van der Waals surface area contributed by atoms with E-state index in [4.69, 9.17) is 5.11 Å². The molecule has 5 nitrogen and oxygen atoms in total. The lowest BCUT2D eigenvalue weighted by molar-refractivity contribution is 0.0691. The molecule has 2 N–H and O–H groups in total. The van der Waals surface area contributed by atoms with Crippen LogP contribution < -0.4 is 5.43 Å². The maximum atomic E-state index is 12.1. The normalized spacial score (nSPS) is 11.0. The lowest BCUT2D eigenvalue weighted by Gasteiger charge is -2.07. The number of rotatable bonds is 1. The molecule has 0 aliphatic carbocycles. The second-order valence-corrected chi connectivity index (χ2v) is 4.37. The molecule has 0 aliphatic heterocycles. The monoisotopic (exact) mass is 254 g/mol. The number of hydrogen-bond acceptors (Lipinski definition) is 3. The van der Waals surface area contributed by atoms with E-state index in [2.05, 4.69) is 9.97 Å². The van der Waals surface area contributed by atoms with Crippen molar-refractivity contribution in [2.24, 2.45) is 0 Å². The van der Waals surface area contributed by atoms with Crippen LogP contribution in [0.15, 0.2) is 35.3 Å². The number of hydrogen-bond donors (Lipinski definition) is 2. The molecule has 0 aliphatic rings. The van der Waals surface area contributed by atoms with Crippen molar-refractivity contribution < 1.29 is 9.90 Å². The van der Waals surface area contributed by atoms with Crippen LogP contribution in [0, 0.1) is 6.92 Å². The fourth-order valence-electron chi connectivity index (χ4n) is 2.29. The Morgan fingerprint density at radius 3 is 2.89 bits per heavy atom. The van der Waals surface area contributed by atoms with E-state index in [0.717, 1.165) is 17.0 Å². The minimum absolute atomic E-state index is 0.130. The standard InChI is InChI=1S/C14H10N2O3/c1-7-5-8-3-2-4-15-12(8)13-11(7)10(17)6-9(16-13)14(18)19/h2-6H,1H3,(H,16,17)(H,18,19). The van der Waals surface area contributed by atoms with Gasteiger partial charge in [-0.1, -0.05) is 6.07 Å². The molecule has 0 atom stereocenters. The molecule has 0 amide bonds. The van der Waals surface area contributed by atoms with E-state index in [1.54, 1.807) is 12.3 Å². The summed E-state index contributed by atoms with van der Waals surface area (Å²) in [7, 11) is 0. The third-order valence-electron chi connectivity index (χ3n) is 3.10. The summed E-state index contributed by atoms with van der Waals surface area (Å²) >= 11 is 0. The van der Waals surface area contributed by atoms with E-state index in [1.807, 2.05) is 19.1 Å². The first kappa shape index (κ1) is 11.4. The first-order chi connectivity index (χ1) is 9.08. The van der Waals surface area contributed by atoms with Crippen molar-refractivity contribution in [3.05, 3.63) is 51.9 Å². The minimum Gasteiger partial charge on any atom is -0.477 e. The zero-order valence-electron chi connectivity index (χ0n) is 10.1. The maximum Gasteiger partial charge on any atom is 0.352 e. The van der Waals surface area contributed by atoms with Gasteiger partial charge < -0.3 is 10.1 Å². The smallest absolute Gasteiger partial charge is 0.352 e. The number of carbonyl (C=O) groups is 1. The largest absolute Gasteiger partial charge is 0.477 e. The topological polar surface area (TPSA) is 83.1 Å². The Labute approximate surface area is 107 Å². The van der Waals surface area contributed by atoms with Crippen LogP contribution in [0.2, 0.25) is 0 Å². The van der Waals surface area contributed by atoms with E-state index < -0.39 is 5.97 Å². The first-order valence-electron chi connectivity index (χ1n) is 5.72. The number of aromatic nitrogens is 2. The number of benzene rings is 1. The van der Waals surface area contributed by atoms with Crippen molar-refractivity contribution in [1.82, 2.24) is 9.97 Å². The molecule has 0 radical (unpaired) electrons. The molecule has 19 heavy (non-hydrogen) atoms. The second-order valence-electron chi connectivity index (χ2n) is 4.37. The number of H-pyrrole nitrogens is 1. The molecule has 3 rings (SSSR count). The van der Waals surface area contributed by atoms with Gasteiger partial charge in [-0.25, -0.2) is 4.79 Å². The van der Waals surface area contributed by atoms with Gasteiger partial charge in [0.25, 0.3) is 0 Å². The lowest BCUT2D eigenvalue weighted by Crippen LogP contribution is -2.11. The van der Waals surface area contributed by atoms with Gasteiger partial charge in [0.05, 0.1) is 16.4 Å². The van der Waals surface area contributed by atoms with E-state index in [1.165, 1.54) is 0 Å². The minimum atomic E-state index is -1.16. The van der Waals surface area contributed by atoms with Crippen LogP contribution in [0.1, 0.15) is 16.1 Å². The van der Waals surface area contributed by atoms with Gasteiger partial charge in [-0.3, -0.25) is 9.78 Å². The van der Waals surface area contributed by atoms with Crippen molar-refractivity contribution in [3.63, 3.8) is 0 Å². The van der Waals surface area contributed by atoms with Gasteiger partial charge in [0, 0.05) is 17.6 Å². The van der Waals surface area contributed by atoms with Crippen LogP contribution in [0.5, 0.6) is 0 Å². The second kappa shape index (κ2) is 3.91. The van der Waals surface area contributed by atoms with Gasteiger partial charge >= 0.3 is 5.97 Å². The Bertz CT molecular complexity index is 881. The van der Waals surface area contributed by atoms with E-state index in [9.17, 15) is 9.59 Å². The average Bonchev–Trinajstić information content (AvgIpc) is 2.38. The van der Waals surface area contributed by atoms with Gasteiger partial charge in [0.15, 0.2) is 5.43 Å². The summed E-state index contributed by atoms with van der Waals surface area (Å²) < 4.78 is 0. The molecule has 0 fully saturated rings. The lowest BCUT2D eigenvalue weighted by atomic mass is 10.0. The number of aromatic amines is 1. The number of fused-ring (bicyclic) bond motifs is 3. The van der Waals surface area contributed by atoms with Crippen molar-refractivity contribution in [1.29, 1.82) is 0 Å². The molecular formula is C14H10N2O3. The number of nitrogens with zero attached hydrogens (tertiary/aromatic N) is 1. The summed E-state index contributed by atoms with van der Waals surface area (Å²) in [6.45, 7) is 1.82. The number of aromatic carboxylic acids is 1. The predicted octanol–water partition coefficient (Wildman–Crippen LogP) is 2.08. The van der Waals surface area contributed by atoms with Gasteiger partial charge in [0.1, 0.15) is 5.69 Å². The molecule has 5 heteroatoms. The molecule has 2 aromatic heterocycles. The molecule has 0 unspecified atom stereocenters. The van der Waals surface area contributed by atoms with Crippen molar-refractivity contribution in [2.75, 3.05) is 0 Å². The number of pyridine rings is 2. The fourth-order valence-corrected chi connectivity index (χ4v) is 2.29. The molecule has 2 heterocycles. The van der Waals surface area contributed by atoms with Crippen LogP contribution in [0.3, 0.4) is 0 Å². The summed E-state index contributed by atoms with van der Waals surface area (Å²) in [5, 5.41) is 10.4. The van der Waals surface area contributed by atoms with Crippen LogP contribution >= 0.6 is 0 Å². The zero-order chi connectivity index (χ0) is 13.6. The van der Waals surface area contributed by atoms with Crippen molar-refractivity contribution in [3.8, 4) is 0 Å². The highest BCUT2D eigenvalue weighted by molar-refractivity contribution is 6.05. The highest BCUT2D eigenvalue weighted by Gasteiger charge is 2.12. The quantitative estimate of drug-likeness (QED) is 0.651. The van der Waals surface area contributed by atoms with E-state index in [0.29, 0.717) is 16.4 Å². The SMILES string of the molecule is Cc1cc2cccnc2c2[nH]c(C(=O)O)cc(=O)c12. The first-order valence-corrected chi connectivity index (χ1v) is 5.72. The number of carboxylic acids is 1. The summed E-state index contributed by atoms with van der Waals surface area (Å²) in [6, 6.07) is 6.65. The Morgan fingerprint density at radius 1 is 1.37 bits per heavy atom. The Kier molecular flexibility index (Phi) is 2.35. The summed E-state index contributed by atoms with van der Waals surface area (Å²) in [6.07, 6.45) is 1.61. The number of nitrogens with one attached hydrogen (secondary N) is 1. The molecular weight excluding hydrogens is 244 g/mol. The van der Waals surface area contributed by atoms with E-state index >= 15 is 0 Å². The molecule has 0 spiro atoms. The highest BCUT2D eigenvalue weighted by Crippen LogP contribution is 2.23. The third kappa shape index (κ3) is 1.67. The Balaban J connectivity index is 2.61. The van der Waals surface area contributed by atoms with Gasteiger partial charge in [-0.15, -0.1) is 0 Å². The molecule has 0 saturated heterocycles. The van der Waals surface area contributed by atoms with Crippen LogP contribution in [0.4, 0.5) is 0 Å². The summed E-state index contributed by atoms with van der Waals surface area (Å²) in [4.78, 5) is 30.1. The Hall–Kier alpha value is -2.69. The molecule has 94 valence electrons. The van der Waals surface area contributed by atoms with Crippen LogP contribution in [-0.4, -0.2) is 21.0 Å². The highest BCUT2D eigenvalue weighted by atomic mass is 16.4. The number of carboxylic acid groups (broad SMARTS) is 1. The van der Waals surface area contributed by atoms with Gasteiger partial charge in [-0.2, -0.15) is 0 Å². The average molecular weight is 254 g/mol. The van der Waals surface area contributed by atoms with E-state index in [-0.39, 0.29) is 11.1 Å². The molecule has 0 bridgehead atoms. The van der Waals surface area contributed by atoms with Crippen molar-refractivity contribution in [2.45, 2.75) is 6.92 Å². The molecule has 1 aromatic carbocycles. The van der Waals surface area contributed by atoms with Gasteiger partial charge in [0.2, 0.25) is 0 Å². The fraction of sp³-hybridized carbons (Fsp3) is 0.0714. The predicted molar refractivity (Wildman–Crippen MR) is 71.6 cm³/mol.